The van der Waals surface area contributed by atoms with Gasteiger partial charge in [-0.3, -0.25) is 0 Å². The normalized spacial score (nSPS) is 26.3. The van der Waals surface area contributed by atoms with E-state index >= 15 is 0 Å². The number of hydrogen-bond donors (Lipinski definition) is 1. The molecule has 9 heavy (non-hydrogen) atoms. The molecule has 0 amide bonds. The molecule has 0 aromatic carbocycles. The second-order valence-electron chi connectivity index (χ2n) is 2.14. The zero-order valence-corrected chi connectivity index (χ0v) is 6.24. The lowest BCUT2D eigenvalue weighted by atomic mass is 10.2. The highest BCUT2D eigenvalue weighted by Crippen LogP contribution is 2.04. The van der Waals surface area contributed by atoms with Crippen molar-refractivity contribution in [2.45, 2.75) is 19.9 Å². The van der Waals surface area contributed by atoms with Gasteiger partial charge in [0.15, 0.2) is 5.29 Å². The molecule has 1 unspecified atom stereocenters. The summed E-state index contributed by atoms with van der Waals surface area (Å²) in [5.74, 6) is 0. The van der Waals surface area contributed by atoms with Crippen molar-refractivity contribution in [1.82, 2.24) is 5.32 Å². The van der Waals surface area contributed by atoms with E-state index in [0.717, 1.165) is 5.70 Å². The Bertz CT molecular complexity index is 172. The Labute approximate surface area is 59.6 Å². The lowest BCUT2D eigenvalue weighted by Crippen LogP contribution is -2.30. The molecule has 2 nitrogen and oxygen atoms in total. The van der Waals surface area contributed by atoms with Crippen LogP contribution in [-0.2, 0) is 0 Å². The molecule has 1 N–H and O–H groups in total. The Balaban J connectivity index is 2.74. The maximum atomic E-state index is 5.60. The summed E-state index contributed by atoms with van der Waals surface area (Å²) in [6, 6.07) is 0.315. The van der Waals surface area contributed by atoms with Crippen molar-refractivity contribution in [1.29, 1.82) is 0 Å². The van der Waals surface area contributed by atoms with Gasteiger partial charge in [0, 0.05) is 11.7 Å². The monoisotopic (exact) mass is 144 g/mol. The van der Waals surface area contributed by atoms with E-state index in [1.165, 1.54) is 0 Å². The van der Waals surface area contributed by atoms with Crippen LogP contribution in [0, 0.1) is 0 Å². The van der Waals surface area contributed by atoms with Gasteiger partial charge in [-0.25, -0.2) is 4.99 Å². The zero-order valence-electron chi connectivity index (χ0n) is 5.48. The van der Waals surface area contributed by atoms with E-state index in [1.807, 2.05) is 19.9 Å². The molecule has 1 aliphatic heterocycles. The van der Waals surface area contributed by atoms with Gasteiger partial charge >= 0.3 is 0 Å². The van der Waals surface area contributed by atoms with Gasteiger partial charge in [0.1, 0.15) is 0 Å². The van der Waals surface area contributed by atoms with E-state index < -0.39 is 0 Å². The maximum Gasteiger partial charge on any atom is 0.196 e. The Hall–Kier alpha value is -0.500. The molecule has 1 aliphatic rings. The number of hydrogen-bond acceptors (Lipinski definition) is 2. The molecule has 0 aromatic heterocycles. The number of allylic oxidation sites excluding steroid dienone is 1. The smallest absolute Gasteiger partial charge is 0.196 e. The largest absolute Gasteiger partial charge is 0.354 e. The second kappa shape index (κ2) is 2.40. The third-order valence-electron chi connectivity index (χ3n) is 1.11. The SMILES string of the molecule is CC1=CC(C)NC(Cl)=N1. The van der Waals surface area contributed by atoms with Crippen LogP contribution in [0.2, 0.25) is 0 Å². The van der Waals surface area contributed by atoms with Crippen molar-refractivity contribution < 1.29 is 0 Å². The highest BCUT2D eigenvalue weighted by molar-refractivity contribution is 6.64. The molecular weight excluding hydrogens is 136 g/mol. The van der Waals surface area contributed by atoms with Gasteiger partial charge in [0.05, 0.1) is 0 Å². The summed E-state index contributed by atoms with van der Waals surface area (Å²) in [5.41, 5.74) is 0.978. The predicted molar refractivity (Wildman–Crippen MR) is 39.6 cm³/mol. The number of halogens is 1. The molecule has 0 saturated heterocycles. The molecule has 1 heterocycles. The van der Waals surface area contributed by atoms with Crippen LogP contribution < -0.4 is 5.32 Å². The fourth-order valence-electron chi connectivity index (χ4n) is 0.816. The number of nitrogens with one attached hydrogen (secondary N) is 1. The molecule has 0 aliphatic carbocycles. The molecule has 0 saturated carbocycles. The molecule has 0 radical (unpaired) electrons. The zero-order chi connectivity index (χ0) is 6.85. The van der Waals surface area contributed by atoms with Gasteiger partial charge in [0.2, 0.25) is 0 Å². The van der Waals surface area contributed by atoms with Crippen molar-refractivity contribution in [2.75, 3.05) is 0 Å². The number of nitrogens with zero attached hydrogens (tertiary/aromatic N) is 1. The molecule has 0 spiro atoms. The van der Waals surface area contributed by atoms with Crippen molar-refractivity contribution in [3.63, 3.8) is 0 Å². The summed E-state index contributed by atoms with van der Waals surface area (Å²) < 4.78 is 0. The summed E-state index contributed by atoms with van der Waals surface area (Å²) in [6.45, 7) is 3.96. The van der Waals surface area contributed by atoms with Crippen LogP contribution in [0.3, 0.4) is 0 Å². The van der Waals surface area contributed by atoms with Crippen LogP contribution in [0.1, 0.15) is 13.8 Å². The minimum Gasteiger partial charge on any atom is -0.354 e. The molecule has 0 fully saturated rings. The molecule has 0 aromatic rings. The van der Waals surface area contributed by atoms with Crippen LogP contribution >= 0.6 is 11.6 Å². The first-order valence-corrected chi connectivity index (χ1v) is 3.25. The average molecular weight is 145 g/mol. The van der Waals surface area contributed by atoms with Crippen LogP contribution in [0.4, 0.5) is 0 Å². The van der Waals surface area contributed by atoms with Gasteiger partial charge < -0.3 is 5.32 Å². The molecule has 0 bridgehead atoms. The summed E-state index contributed by atoms with van der Waals surface area (Å²) >= 11 is 5.60. The van der Waals surface area contributed by atoms with Crippen LogP contribution in [0.15, 0.2) is 16.8 Å². The van der Waals surface area contributed by atoms with Crippen molar-refractivity contribution in [3.05, 3.63) is 11.8 Å². The van der Waals surface area contributed by atoms with Crippen LogP contribution in [0.25, 0.3) is 0 Å². The molecule has 3 heteroatoms. The fraction of sp³-hybridized carbons (Fsp3) is 0.500. The predicted octanol–water partition coefficient (Wildman–Crippen LogP) is 1.48. The Morgan fingerprint density at radius 1 is 1.78 bits per heavy atom. The Morgan fingerprint density at radius 2 is 2.44 bits per heavy atom. The second-order valence-corrected chi connectivity index (χ2v) is 2.50. The standard InChI is InChI=1S/C6H9ClN2/c1-4-3-5(2)9-6(7)8-4/h3-4H,1-2H3,(H,8,9). The van der Waals surface area contributed by atoms with E-state index in [1.54, 1.807) is 0 Å². The van der Waals surface area contributed by atoms with Crippen LogP contribution in [0.5, 0.6) is 0 Å². The lowest BCUT2D eigenvalue weighted by Gasteiger charge is -2.13. The number of rotatable bonds is 0. The summed E-state index contributed by atoms with van der Waals surface area (Å²) in [5, 5.41) is 3.44. The molecule has 1 atom stereocenters. The highest BCUT2D eigenvalue weighted by Gasteiger charge is 2.05. The molecular formula is C6H9ClN2. The topological polar surface area (TPSA) is 24.4 Å². The first-order chi connectivity index (χ1) is 4.18. The van der Waals surface area contributed by atoms with E-state index in [4.69, 9.17) is 11.6 Å². The van der Waals surface area contributed by atoms with Gasteiger partial charge in [0.25, 0.3) is 0 Å². The summed E-state index contributed by atoms with van der Waals surface area (Å²) in [4.78, 5) is 3.97. The minimum absolute atomic E-state index is 0.315. The van der Waals surface area contributed by atoms with Crippen molar-refractivity contribution in [3.8, 4) is 0 Å². The third-order valence-corrected chi connectivity index (χ3v) is 1.31. The maximum absolute atomic E-state index is 5.60. The van der Waals surface area contributed by atoms with E-state index in [2.05, 4.69) is 10.3 Å². The van der Waals surface area contributed by atoms with E-state index in [9.17, 15) is 0 Å². The van der Waals surface area contributed by atoms with E-state index in [0.29, 0.717) is 11.3 Å². The average Bonchev–Trinajstić information content (AvgIpc) is 1.59. The van der Waals surface area contributed by atoms with Gasteiger partial charge in [-0.15, -0.1) is 0 Å². The summed E-state index contributed by atoms with van der Waals surface area (Å²) in [6.07, 6.45) is 2.02. The molecule has 1 rings (SSSR count). The first-order valence-electron chi connectivity index (χ1n) is 2.87. The first kappa shape index (κ1) is 6.62. The molecule has 50 valence electrons. The van der Waals surface area contributed by atoms with Gasteiger partial charge in [-0.1, -0.05) is 0 Å². The van der Waals surface area contributed by atoms with Crippen molar-refractivity contribution >= 4 is 16.9 Å². The number of aliphatic imine (C=N–C) groups is 1. The highest BCUT2D eigenvalue weighted by atomic mass is 35.5. The minimum atomic E-state index is 0.315. The quantitative estimate of drug-likeness (QED) is 0.512. The van der Waals surface area contributed by atoms with Crippen LogP contribution in [-0.4, -0.2) is 11.3 Å². The lowest BCUT2D eigenvalue weighted by molar-refractivity contribution is 0.787. The number of amidine groups is 1. The van der Waals surface area contributed by atoms with Crippen molar-refractivity contribution in [2.24, 2.45) is 4.99 Å². The Kier molecular flexibility index (Phi) is 1.76. The van der Waals surface area contributed by atoms with Gasteiger partial charge in [-0.2, -0.15) is 0 Å². The van der Waals surface area contributed by atoms with E-state index in [-0.39, 0.29) is 0 Å². The van der Waals surface area contributed by atoms with Gasteiger partial charge in [-0.05, 0) is 31.5 Å². The third kappa shape index (κ3) is 1.72. The fourth-order valence-corrected chi connectivity index (χ4v) is 1.12. The summed E-state index contributed by atoms with van der Waals surface area (Å²) in [7, 11) is 0. The Morgan fingerprint density at radius 3 is 2.89 bits per heavy atom.